The number of azo groups is 2. The van der Waals surface area contributed by atoms with Gasteiger partial charge >= 0.3 is 0 Å². The molecule has 0 saturated heterocycles. The van der Waals surface area contributed by atoms with Gasteiger partial charge in [-0.05, 0) is 82.3 Å². The van der Waals surface area contributed by atoms with E-state index >= 15 is 0 Å². The maximum Gasteiger partial charge on any atom is 0.251 e. The summed E-state index contributed by atoms with van der Waals surface area (Å²) < 4.78 is 24.8. The lowest BCUT2D eigenvalue weighted by Crippen LogP contribution is -2.27. The van der Waals surface area contributed by atoms with Crippen LogP contribution in [-0.2, 0) is 36.8 Å². The highest BCUT2D eigenvalue weighted by molar-refractivity contribution is 6.01. The minimum absolute atomic E-state index is 0.0441. The number of terminal acetylenes is 1. The largest absolute Gasteiger partial charge is 0.508 e. The molecular formula is C61H63N10O8+. The van der Waals surface area contributed by atoms with Crippen LogP contribution in [0.4, 0.5) is 11.4 Å². The Morgan fingerprint density at radius 3 is 2.18 bits per heavy atom. The number of hydrogen-bond donors (Lipinski definition) is 9. The first-order chi connectivity index (χ1) is 38.4. The first kappa shape index (κ1) is 55.8. The number of phenolic OH excluding ortho intramolecular Hbond substituents is 1. The lowest BCUT2D eigenvalue weighted by molar-refractivity contribution is -0.460. The number of anilines is 1. The molecule has 11 N–H and O–H groups in total. The van der Waals surface area contributed by atoms with Gasteiger partial charge in [-0.2, -0.15) is 0 Å². The molecule has 1 aromatic heterocycles. The van der Waals surface area contributed by atoms with E-state index in [1.165, 1.54) is 6.07 Å². The number of nitrogen functional groups attached to an aromatic ring is 2. The van der Waals surface area contributed by atoms with Gasteiger partial charge in [0.1, 0.15) is 29.8 Å². The molecule has 3 amide bonds. The van der Waals surface area contributed by atoms with Crippen molar-refractivity contribution in [2.24, 2.45) is 16.6 Å². The van der Waals surface area contributed by atoms with Crippen LogP contribution in [0, 0.1) is 23.2 Å². The Morgan fingerprint density at radius 2 is 1.43 bits per heavy atom. The fourth-order valence-electron chi connectivity index (χ4n) is 8.76. The Kier molecular flexibility index (Phi) is 19.5. The van der Waals surface area contributed by atoms with Gasteiger partial charge in [-0.3, -0.25) is 25.2 Å². The predicted octanol–water partition coefficient (Wildman–Crippen LogP) is 8.35. The third-order valence-corrected chi connectivity index (χ3v) is 12.9. The summed E-state index contributed by atoms with van der Waals surface area (Å²) >= 11 is 0. The van der Waals surface area contributed by atoms with E-state index in [0.29, 0.717) is 92.7 Å². The number of aromatic amines is 1. The number of benzene rings is 6. The minimum atomic E-state index is -0.273. The lowest BCUT2D eigenvalue weighted by Gasteiger charge is -2.11. The molecule has 1 atom stereocenters. The van der Waals surface area contributed by atoms with E-state index < -0.39 is 0 Å². The second-order valence-corrected chi connectivity index (χ2v) is 18.5. The highest BCUT2D eigenvalue weighted by Gasteiger charge is 2.31. The summed E-state index contributed by atoms with van der Waals surface area (Å²) in [5, 5.41) is 41.1. The molecule has 18 nitrogen and oxygen atoms in total. The number of nitrogens with zero attached hydrogens (tertiary/aromatic N) is 2. The molecule has 0 fully saturated rings. The van der Waals surface area contributed by atoms with Crippen molar-refractivity contribution in [1.82, 2.24) is 15.6 Å². The average Bonchev–Trinajstić information content (AvgIpc) is 4.26. The van der Waals surface area contributed by atoms with Gasteiger partial charge in [0.15, 0.2) is 12.6 Å². The van der Waals surface area contributed by atoms with Gasteiger partial charge in [-0.15, -0.1) is 6.42 Å². The molecule has 0 spiro atoms. The van der Waals surface area contributed by atoms with Crippen molar-refractivity contribution >= 4 is 51.7 Å². The molecule has 404 valence electrons. The number of carbonyl (C=O) groups is 3. The van der Waals surface area contributed by atoms with Crippen molar-refractivity contribution in [2.75, 3.05) is 58.0 Å². The molecule has 0 aliphatic carbocycles. The molecule has 18 heteroatoms. The highest BCUT2D eigenvalue weighted by atomic mass is 16.5. The number of phenols is 1. The van der Waals surface area contributed by atoms with Crippen molar-refractivity contribution in [3.8, 4) is 35.1 Å². The summed E-state index contributed by atoms with van der Waals surface area (Å²) in [6, 6.07) is 42.2. The van der Waals surface area contributed by atoms with Crippen molar-refractivity contribution in [2.45, 2.75) is 38.3 Å². The monoisotopic (exact) mass is 1060 g/mol. The van der Waals surface area contributed by atoms with E-state index in [4.69, 9.17) is 52.8 Å². The molecule has 7 aromatic rings. The zero-order valence-electron chi connectivity index (χ0n) is 43.6. The lowest BCUT2D eigenvalue weighted by atomic mass is 9.96. The van der Waals surface area contributed by atoms with Crippen LogP contribution in [0.5, 0.6) is 11.5 Å². The molecule has 1 aliphatic heterocycles. The molecule has 2 heterocycles. The number of ether oxygens (including phenoxy) is 4. The minimum Gasteiger partial charge on any atom is -0.508 e. The Balaban J connectivity index is 0.716. The number of aromatic nitrogens is 1. The molecule has 0 radical (unpaired) electrons. The first-order valence-electron chi connectivity index (χ1n) is 25.8. The van der Waals surface area contributed by atoms with Gasteiger partial charge in [0.2, 0.25) is 17.5 Å². The molecular weight excluding hydrogens is 1000 g/mol. The van der Waals surface area contributed by atoms with Crippen molar-refractivity contribution in [3.63, 3.8) is 0 Å². The number of rotatable bonds is 28. The standard InChI is InChI=1S/C61H62N10O8/c1-2-29-76-31-28-67-61(75)44-19-13-41(14-20-44)53-37-49(71(70-53)48-7-4-3-5-8-48)39-79-50-23-11-40(12-24-50)38-78-33-32-77-30-27-66-56(73)9-6-10-57(74)68-47-22-26-55(72)46(34-47)35-52-51-25-21-45(60(64)65)36-54(51)69-58(52)42-15-17-43(18-16-42)59(62)63/h1,3-5,7-8,11-26,34,36-37,53,70H,6,9-10,27-33,35,38-39H2,(H9,62,63,64,65,66,67,69,73,75)/p+1. The summed E-state index contributed by atoms with van der Waals surface area (Å²) in [5.74, 6) is 2.38. The SMILES string of the molecule is C#CCOCCNC(=O)c1ccc(C2C=C(COc3ccc(COCCOCCNC(=O)CCCC(=O)Nc4ccc(O)c(Cc5c(-c6ccc(C(=N)N)cc6)[nH]c6cc(C(=N)N)ccc56)c4)cc3)[N+](c3ccccc3)=N2)cc1. The van der Waals surface area contributed by atoms with Crippen LogP contribution in [-0.4, -0.2) is 96.9 Å². The fraction of sp³-hybridized carbons (Fsp3) is 0.230. The zero-order chi connectivity index (χ0) is 55.5. The molecule has 1 aliphatic rings. The second kappa shape index (κ2) is 27.6. The van der Waals surface area contributed by atoms with Crippen LogP contribution in [0.25, 0.3) is 22.2 Å². The van der Waals surface area contributed by atoms with Gasteiger partial charge in [0, 0.05) is 89.4 Å². The van der Waals surface area contributed by atoms with Gasteiger partial charge in [0.25, 0.3) is 11.6 Å². The number of para-hydroxylation sites is 1. The normalized spacial score (nSPS) is 12.8. The Bertz CT molecular complexity index is 3390. The number of nitrogens with two attached hydrogens (primary N) is 2. The number of amidine groups is 2. The van der Waals surface area contributed by atoms with Gasteiger partial charge in [-0.1, -0.05) is 89.5 Å². The number of fused-ring (bicyclic) bond motifs is 1. The second-order valence-electron chi connectivity index (χ2n) is 18.5. The van der Waals surface area contributed by atoms with Crippen molar-refractivity contribution < 1.29 is 43.1 Å². The van der Waals surface area contributed by atoms with Gasteiger partial charge in [-0.25, -0.2) is 0 Å². The molecule has 0 saturated carbocycles. The molecule has 1 unspecified atom stereocenters. The van der Waals surface area contributed by atoms with E-state index in [9.17, 15) is 19.5 Å². The van der Waals surface area contributed by atoms with E-state index in [2.05, 4.69) is 32.9 Å². The van der Waals surface area contributed by atoms with Gasteiger partial charge in [0.05, 0.1) is 38.7 Å². The molecule has 79 heavy (non-hydrogen) atoms. The van der Waals surface area contributed by atoms with E-state index in [-0.39, 0.29) is 67.2 Å². The third kappa shape index (κ3) is 15.6. The van der Waals surface area contributed by atoms with E-state index in [0.717, 1.165) is 50.2 Å². The number of nitrogens with one attached hydrogen (secondary N) is 6. The van der Waals surface area contributed by atoms with E-state index in [1.807, 2.05) is 89.6 Å². The topological polar surface area (TPSA) is 275 Å². The Labute approximate surface area is 457 Å². The van der Waals surface area contributed by atoms with Crippen LogP contribution >= 0.6 is 0 Å². The quantitative estimate of drug-likeness (QED) is 0.00565. The first-order valence-corrected chi connectivity index (χ1v) is 25.8. The summed E-state index contributed by atoms with van der Waals surface area (Å²) in [7, 11) is 0. The highest BCUT2D eigenvalue weighted by Crippen LogP contribution is 2.36. The number of H-pyrrole nitrogens is 1. The predicted molar refractivity (Wildman–Crippen MR) is 303 cm³/mol. The maximum atomic E-state index is 13.0. The molecule has 0 bridgehead atoms. The van der Waals surface area contributed by atoms with E-state index in [1.54, 1.807) is 48.5 Å². The van der Waals surface area contributed by atoms with Crippen LogP contribution in [0.2, 0.25) is 0 Å². The molecule has 6 aromatic carbocycles. The fourth-order valence-corrected chi connectivity index (χ4v) is 8.76. The number of amides is 3. The maximum absolute atomic E-state index is 13.0. The summed E-state index contributed by atoms with van der Waals surface area (Å²) in [6.45, 7) is 2.89. The summed E-state index contributed by atoms with van der Waals surface area (Å²) in [4.78, 5) is 41.6. The average molecular weight is 1060 g/mol. The summed E-state index contributed by atoms with van der Waals surface area (Å²) in [6.07, 6.45) is 8.17. The summed E-state index contributed by atoms with van der Waals surface area (Å²) in [5.41, 5.74) is 21.2. The Morgan fingerprint density at radius 1 is 0.734 bits per heavy atom. The molecule has 8 rings (SSSR count). The van der Waals surface area contributed by atoms with Gasteiger partial charge < -0.3 is 56.5 Å². The Hall–Kier alpha value is -9.41. The smallest absolute Gasteiger partial charge is 0.251 e. The van der Waals surface area contributed by atoms with Crippen LogP contribution in [0.15, 0.2) is 156 Å². The zero-order valence-corrected chi connectivity index (χ0v) is 43.6. The number of carbonyl (C=O) groups excluding carboxylic acids is 3. The van der Waals surface area contributed by atoms with Crippen LogP contribution in [0.1, 0.15) is 69.0 Å². The number of aromatic hydroxyl groups is 1. The van der Waals surface area contributed by atoms with Crippen molar-refractivity contribution in [1.29, 1.82) is 10.8 Å². The number of hydrogen-bond acceptors (Lipinski definition) is 11. The van der Waals surface area contributed by atoms with Crippen molar-refractivity contribution in [3.05, 3.63) is 190 Å². The van der Waals surface area contributed by atoms with Crippen LogP contribution in [0.3, 0.4) is 0 Å². The third-order valence-electron chi connectivity index (χ3n) is 12.9. The van der Waals surface area contributed by atoms with Crippen LogP contribution < -0.4 is 32.2 Å².